The Balaban J connectivity index is 2.63. The number of aliphatic hydroxyl groups excluding tert-OH is 1. The van der Waals surface area contributed by atoms with E-state index in [0.717, 1.165) is 0 Å². The highest BCUT2D eigenvalue weighted by Crippen LogP contribution is 2.10. The molecule has 6 nitrogen and oxygen atoms in total. The lowest BCUT2D eigenvalue weighted by Gasteiger charge is -1.99. The number of aliphatic hydroxyl groups is 1. The second-order valence-corrected chi connectivity index (χ2v) is 3.01. The van der Waals surface area contributed by atoms with E-state index < -0.39 is 5.97 Å². The molecule has 0 aliphatic carbocycles. The summed E-state index contributed by atoms with van der Waals surface area (Å²) in [7, 11) is 0. The molecule has 0 amide bonds. The molecule has 0 unspecified atom stereocenters. The number of rotatable bonds is 3. The summed E-state index contributed by atoms with van der Waals surface area (Å²) in [5.74, 6) is -0.487. The minimum atomic E-state index is -1.04. The number of hydrogen-bond donors (Lipinski definition) is 2. The molecule has 78 valence electrons. The van der Waals surface area contributed by atoms with Crippen molar-refractivity contribution in [3.8, 4) is 0 Å². The second-order valence-electron chi connectivity index (χ2n) is 3.01. The van der Waals surface area contributed by atoms with E-state index in [1.165, 1.54) is 6.07 Å². The molecule has 0 bridgehead atoms. The van der Waals surface area contributed by atoms with Gasteiger partial charge in [-0.3, -0.25) is 4.40 Å². The molecule has 2 heterocycles. The summed E-state index contributed by atoms with van der Waals surface area (Å²) >= 11 is 0. The number of fused-ring (bicyclic) bond motifs is 1. The largest absolute Gasteiger partial charge is 0.478 e. The van der Waals surface area contributed by atoms with Crippen LogP contribution in [0.25, 0.3) is 5.65 Å². The van der Waals surface area contributed by atoms with E-state index in [-0.39, 0.29) is 12.2 Å². The van der Waals surface area contributed by atoms with Gasteiger partial charge in [-0.25, -0.2) is 4.79 Å². The van der Waals surface area contributed by atoms with Crippen LogP contribution >= 0.6 is 0 Å². The summed E-state index contributed by atoms with van der Waals surface area (Å²) in [4.78, 5) is 10.9. The molecule has 6 heteroatoms. The topological polar surface area (TPSA) is 87.7 Å². The van der Waals surface area contributed by atoms with Crippen LogP contribution in [-0.4, -0.2) is 37.4 Å². The van der Waals surface area contributed by atoms with Gasteiger partial charge in [-0.2, -0.15) is 0 Å². The molecular weight excluding hydrogens is 198 g/mol. The average molecular weight is 207 g/mol. The molecule has 2 aromatic heterocycles. The van der Waals surface area contributed by atoms with Crippen LogP contribution in [0.3, 0.4) is 0 Å². The van der Waals surface area contributed by atoms with E-state index >= 15 is 0 Å². The molecule has 0 saturated carbocycles. The SMILES string of the molecule is O=C(O)c1cccn2c(CCO)nnc12. The molecule has 2 rings (SSSR count). The normalized spacial score (nSPS) is 10.7. The maximum atomic E-state index is 10.9. The summed E-state index contributed by atoms with van der Waals surface area (Å²) in [5, 5.41) is 25.3. The zero-order valence-corrected chi connectivity index (χ0v) is 7.79. The fourth-order valence-electron chi connectivity index (χ4n) is 1.40. The molecule has 2 N–H and O–H groups in total. The lowest BCUT2D eigenvalue weighted by atomic mass is 10.2. The van der Waals surface area contributed by atoms with Crippen molar-refractivity contribution >= 4 is 11.6 Å². The van der Waals surface area contributed by atoms with E-state index in [9.17, 15) is 4.79 Å². The quantitative estimate of drug-likeness (QED) is 0.737. The molecular formula is C9H9N3O3. The van der Waals surface area contributed by atoms with Crippen molar-refractivity contribution in [3.05, 3.63) is 29.7 Å². The van der Waals surface area contributed by atoms with E-state index in [0.29, 0.717) is 17.9 Å². The van der Waals surface area contributed by atoms with Gasteiger partial charge in [-0.05, 0) is 12.1 Å². The van der Waals surface area contributed by atoms with Crippen LogP contribution in [-0.2, 0) is 6.42 Å². The minimum Gasteiger partial charge on any atom is -0.478 e. The lowest BCUT2D eigenvalue weighted by Crippen LogP contribution is -2.02. The van der Waals surface area contributed by atoms with Crippen molar-refractivity contribution in [2.45, 2.75) is 6.42 Å². The number of aromatic nitrogens is 3. The van der Waals surface area contributed by atoms with E-state index in [1.54, 1.807) is 16.7 Å². The molecule has 0 radical (unpaired) electrons. The van der Waals surface area contributed by atoms with Crippen molar-refractivity contribution in [2.24, 2.45) is 0 Å². The Morgan fingerprint density at radius 1 is 1.47 bits per heavy atom. The van der Waals surface area contributed by atoms with Crippen LogP contribution in [0, 0.1) is 0 Å². The molecule has 0 aromatic carbocycles. The van der Waals surface area contributed by atoms with Crippen molar-refractivity contribution < 1.29 is 15.0 Å². The Labute approximate surface area is 84.8 Å². The summed E-state index contributed by atoms with van der Waals surface area (Å²) in [5.41, 5.74) is 0.405. The van der Waals surface area contributed by atoms with Crippen LogP contribution in [0.5, 0.6) is 0 Å². The van der Waals surface area contributed by atoms with Gasteiger partial charge in [-0.1, -0.05) is 0 Å². The smallest absolute Gasteiger partial charge is 0.339 e. The third-order valence-corrected chi connectivity index (χ3v) is 2.07. The van der Waals surface area contributed by atoms with E-state index in [2.05, 4.69) is 10.2 Å². The molecule has 15 heavy (non-hydrogen) atoms. The van der Waals surface area contributed by atoms with Gasteiger partial charge in [0.15, 0.2) is 5.65 Å². The first-order valence-corrected chi connectivity index (χ1v) is 4.41. The van der Waals surface area contributed by atoms with Crippen molar-refractivity contribution in [1.82, 2.24) is 14.6 Å². The Hall–Kier alpha value is -1.95. The van der Waals surface area contributed by atoms with Gasteiger partial charge in [0.25, 0.3) is 0 Å². The zero-order valence-electron chi connectivity index (χ0n) is 7.79. The third kappa shape index (κ3) is 1.55. The Morgan fingerprint density at radius 2 is 2.27 bits per heavy atom. The van der Waals surface area contributed by atoms with Gasteiger partial charge in [0.1, 0.15) is 11.4 Å². The standard InChI is InChI=1S/C9H9N3O3/c13-5-3-7-10-11-8-6(9(14)15)2-1-4-12(7)8/h1-2,4,13H,3,5H2,(H,14,15). The fourth-order valence-corrected chi connectivity index (χ4v) is 1.40. The summed E-state index contributed by atoms with van der Waals surface area (Å²) in [6.07, 6.45) is 2.02. The van der Waals surface area contributed by atoms with Gasteiger partial charge in [0.2, 0.25) is 0 Å². The van der Waals surface area contributed by atoms with Gasteiger partial charge in [0, 0.05) is 12.6 Å². The van der Waals surface area contributed by atoms with Gasteiger partial charge in [0.05, 0.1) is 6.61 Å². The monoisotopic (exact) mass is 207 g/mol. The van der Waals surface area contributed by atoms with E-state index in [1.807, 2.05) is 0 Å². The molecule has 0 saturated heterocycles. The predicted molar refractivity (Wildman–Crippen MR) is 50.7 cm³/mol. The Kier molecular flexibility index (Phi) is 2.34. The maximum Gasteiger partial charge on any atom is 0.339 e. The summed E-state index contributed by atoms with van der Waals surface area (Å²) in [6, 6.07) is 3.08. The highest BCUT2D eigenvalue weighted by atomic mass is 16.4. The summed E-state index contributed by atoms with van der Waals surface area (Å²) in [6.45, 7) is -0.0436. The third-order valence-electron chi connectivity index (χ3n) is 2.07. The fraction of sp³-hybridized carbons (Fsp3) is 0.222. The van der Waals surface area contributed by atoms with E-state index in [4.69, 9.17) is 10.2 Å². The average Bonchev–Trinajstić information content (AvgIpc) is 2.62. The Bertz CT molecular complexity index is 506. The highest BCUT2D eigenvalue weighted by Gasteiger charge is 2.12. The van der Waals surface area contributed by atoms with Crippen molar-refractivity contribution in [3.63, 3.8) is 0 Å². The summed E-state index contributed by atoms with van der Waals surface area (Å²) < 4.78 is 1.57. The van der Waals surface area contributed by atoms with Crippen LogP contribution < -0.4 is 0 Å². The number of carboxylic acids is 1. The predicted octanol–water partition coefficient (Wildman–Crippen LogP) is -0.0377. The molecule has 2 aromatic rings. The minimum absolute atomic E-state index is 0.0436. The number of aromatic carboxylic acids is 1. The highest BCUT2D eigenvalue weighted by molar-refractivity contribution is 5.94. The molecule has 0 aliphatic heterocycles. The van der Waals surface area contributed by atoms with Crippen LogP contribution in [0.2, 0.25) is 0 Å². The first kappa shape index (κ1) is 9.60. The van der Waals surface area contributed by atoms with Gasteiger partial charge < -0.3 is 10.2 Å². The van der Waals surface area contributed by atoms with Crippen molar-refractivity contribution in [2.75, 3.05) is 6.61 Å². The first-order chi connectivity index (χ1) is 7.24. The number of carboxylic acid groups (broad SMARTS) is 1. The van der Waals surface area contributed by atoms with Gasteiger partial charge >= 0.3 is 5.97 Å². The molecule has 0 atom stereocenters. The van der Waals surface area contributed by atoms with Crippen molar-refractivity contribution in [1.29, 1.82) is 0 Å². The lowest BCUT2D eigenvalue weighted by molar-refractivity contribution is 0.0698. The van der Waals surface area contributed by atoms with Crippen LogP contribution in [0.15, 0.2) is 18.3 Å². The number of hydrogen-bond acceptors (Lipinski definition) is 4. The zero-order chi connectivity index (χ0) is 10.8. The van der Waals surface area contributed by atoms with Crippen LogP contribution in [0.1, 0.15) is 16.2 Å². The first-order valence-electron chi connectivity index (χ1n) is 4.41. The van der Waals surface area contributed by atoms with Gasteiger partial charge in [-0.15, -0.1) is 10.2 Å². The molecule has 0 aliphatic rings. The van der Waals surface area contributed by atoms with Crippen LogP contribution in [0.4, 0.5) is 0 Å². The maximum absolute atomic E-state index is 10.9. The Morgan fingerprint density at radius 3 is 2.93 bits per heavy atom. The number of nitrogens with zero attached hydrogens (tertiary/aromatic N) is 3. The second kappa shape index (κ2) is 3.66. The number of carbonyl (C=O) groups is 1. The molecule has 0 fully saturated rings. The molecule has 0 spiro atoms. The number of pyridine rings is 1.